The fraction of sp³-hybridized carbons (Fsp3) is 0.600. The van der Waals surface area contributed by atoms with E-state index in [4.69, 9.17) is 25.5 Å². The van der Waals surface area contributed by atoms with E-state index >= 15 is 0 Å². The zero-order valence-corrected chi connectivity index (χ0v) is 16.5. The number of benzene rings is 1. The van der Waals surface area contributed by atoms with E-state index in [1.165, 1.54) is 12.8 Å². The van der Waals surface area contributed by atoms with Gasteiger partial charge in [0.05, 0.1) is 13.2 Å². The molecule has 6 nitrogen and oxygen atoms in total. The minimum absolute atomic E-state index is 0.142. The van der Waals surface area contributed by atoms with Crippen molar-refractivity contribution >= 4 is 11.6 Å². The first-order valence-corrected chi connectivity index (χ1v) is 10.1. The van der Waals surface area contributed by atoms with Crippen molar-refractivity contribution in [3.05, 3.63) is 40.6 Å². The van der Waals surface area contributed by atoms with Gasteiger partial charge in [-0.1, -0.05) is 18.0 Å². The van der Waals surface area contributed by atoms with Crippen molar-refractivity contribution in [3.8, 4) is 5.75 Å². The highest BCUT2D eigenvalue weighted by Gasteiger charge is 2.31. The Balaban J connectivity index is 1.53. The van der Waals surface area contributed by atoms with Gasteiger partial charge in [-0.25, -0.2) is 0 Å². The maximum Gasteiger partial charge on any atom is 0.233 e. The number of piperidine rings is 1. The van der Waals surface area contributed by atoms with Gasteiger partial charge >= 0.3 is 0 Å². The molecule has 7 heteroatoms. The highest BCUT2D eigenvalue weighted by molar-refractivity contribution is 6.30. The summed E-state index contributed by atoms with van der Waals surface area (Å²) in [6, 6.07) is 5.90. The summed E-state index contributed by atoms with van der Waals surface area (Å²) in [5.41, 5.74) is 1.08. The van der Waals surface area contributed by atoms with E-state index in [-0.39, 0.29) is 6.04 Å². The number of rotatable bonds is 5. The van der Waals surface area contributed by atoms with Crippen LogP contribution in [0.25, 0.3) is 0 Å². The first-order valence-electron chi connectivity index (χ1n) is 9.72. The van der Waals surface area contributed by atoms with Crippen LogP contribution in [0.2, 0.25) is 5.02 Å². The Kier molecular flexibility index (Phi) is 5.95. The van der Waals surface area contributed by atoms with Gasteiger partial charge in [0.15, 0.2) is 0 Å². The van der Waals surface area contributed by atoms with Gasteiger partial charge in [-0.2, -0.15) is 0 Å². The van der Waals surface area contributed by atoms with Crippen LogP contribution < -0.4 is 4.74 Å². The zero-order chi connectivity index (χ0) is 18.6. The molecule has 1 aromatic heterocycles. The van der Waals surface area contributed by atoms with Crippen molar-refractivity contribution in [2.45, 2.75) is 50.6 Å². The van der Waals surface area contributed by atoms with Crippen LogP contribution in [0.15, 0.2) is 22.6 Å². The normalized spacial score (nSPS) is 22.1. The van der Waals surface area contributed by atoms with E-state index in [2.05, 4.69) is 15.1 Å². The number of likely N-dealkylation sites (tertiary alicyclic amines) is 1. The molecule has 27 heavy (non-hydrogen) atoms. The summed E-state index contributed by atoms with van der Waals surface area (Å²) in [6.07, 6.45) is 5.27. The average molecular weight is 392 g/mol. The Bertz CT molecular complexity index is 761. The van der Waals surface area contributed by atoms with E-state index in [9.17, 15) is 0 Å². The summed E-state index contributed by atoms with van der Waals surface area (Å²) in [7, 11) is 1.69. The lowest BCUT2D eigenvalue weighted by molar-refractivity contribution is 0.0767. The smallest absolute Gasteiger partial charge is 0.233 e. The third kappa shape index (κ3) is 4.28. The SMILES string of the molecule is COc1ccc(Cl)cc1CN1CCCC[C@H]1c1nnc(C2CCOCC2)o1. The molecule has 2 saturated heterocycles. The zero-order valence-electron chi connectivity index (χ0n) is 15.7. The van der Waals surface area contributed by atoms with Crippen molar-refractivity contribution in [2.24, 2.45) is 0 Å². The van der Waals surface area contributed by atoms with E-state index < -0.39 is 0 Å². The molecule has 1 atom stereocenters. The van der Waals surface area contributed by atoms with Gasteiger partial charge in [0.2, 0.25) is 11.8 Å². The van der Waals surface area contributed by atoms with Gasteiger partial charge in [-0.3, -0.25) is 4.90 Å². The van der Waals surface area contributed by atoms with Crippen LogP contribution >= 0.6 is 11.6 Å². The van der Waals surface area contributed by atoms with E-state index in [0.29, 0.717) is 5.92 Å². The molecule has 4 rings (SSSR count). The molecule has 2 aliphatic rings. The second-order valence-electron chi connectivity index (χ2n) is 7.30. The van der Waals surface area contributed by atoms with E-state index in [1.807, 2.05) is 18.2 Å². The first-order chi connectivity index (χ1) is 13.2. The van der Waals surface area contributed by atoms with Crippen LogP contribution in [-0.2, 0) is 11.3 Å². The Hall–Kier alpha value is -1.63. The van der Waals surface area contributed by atoms with Gasteiger partial charge in [-0.15, -0.1) is 10.2 Å². The molecular weight excluding hydrogens is 366 g/mol. The molecule has 3 heterocycles. The number of methoxy groups -OCH3 is 1. The lowest BCUT2D eigenvalue weighted by atomic mass is 10.00. The van der Waals surface area contributed by atoms with E-state index in [0.717, 1.165) is 73.7 Å². The highest BCUT2D eigenvalue weighted by Crippen LogP contribution is 2.35. The van der Waals surface area contributed by atoms with Crippen LogP contribution in [0, 0.1) is 0 Å². The van der Waals surface area contributed by atoms with Gasteiger partial charge in [0, 0.05) is 36.3 Å². The van der Waals surface area contributed by atoms with Crippen molar-refractivity contribution in [2.75, 3.05) is 26.9 Å². The Morgan fingerprint density at radius 1 is 1.15 bits per heavy atom. The summed E-state index contributed by atoms with van der Waals surface area (Å²) >= 11 is 6.21. The van der Waals surface area contributed by atoms with Crippen LogP contribution in [0.4, 0.5) is 0 Å². The maximum atomic E-state index is 6.21. The third-order valence-electron chi connectivity index (χ3n) is 5.54. The highest BCUT2D eigenvalue weighted by atomic mass is 35.5. The number of hydrogen-bond donors (Lipinski definition) is 0. The monoisotopic (exact) mass is 391 g/mol. The summed E-state index contributed by atoms with van der Waals surface area (Å²) < 4.78 is 17.1. The lowest BCUT2D eigenvalue weighted by Gasteiger charge is -2.33. The van der Waals surface area contributed by atoms with Crippen LogP contribution in [0.1, 0.15) is 61.4 Å². The summed E-state index contributed by atoms with van der Waals surface area (Å²) in [5.74, 6) is 2.68. The van der Waals surface area contributed by atoms with Gasteiger partial charge < -0.3 is 13.9 Å². The minimum atomic E-state index is 0.142. The van der Waals surface area contributed by atoms with Crippen LogP contribution in [0.5, 0.6) is 5.75 Å². The van der Waals surface area contributed by atoms with Crippen molar-refractivity contribution in [1.29, 1.82) is 0 Å². The standard InChI is InChI=1S/C20H26ClN3O3/c1-25-18-6-5-16(21)12-15(18)13-24-9-3-2-4-17(24)20-23-22-19(27-20)14-7-10-26-11-8-14/h5-6,12,14,17H,2-4,7-11,13H2,1H3/t17-/m0/s1. The molecule has 0 N–H and O–H groups in total. The number of nitrogens with zero attached hydrogens (tertiary/aromatic N) is 3. The predicted molar refractivity (Wildman–Crippen MR) is 102 cm³/mol. The second-order valence-corrected chi connectivity index (χ2v) is 7.74. The molecule has 2 aromatic rings. The molecule has 0 radical (unpaired) electrons. The lowest BCUT2D eigenvalue weighted by Crippen LogP contribution is -2.33. The summed E-state index contributed by atoms with van der Waals surface area (Å²) in [5, 5.41) is 9.49. The number of ether oxygens (including phenoxy) is 2. The fourth-order valence-corrected chi connectivity index (χ4v) is 4.23. The Morgan fingerprint density at radius 2 is 1.96 bits per heavy atom. The Morgan fingerprint density at radius 3 is 2.78 bits per heavy atom. The van der Waals surface area contributed by atoms with Crippen molar-refractivity contribution in [1.82, 2.24) is 15.1 Å². The van der Waals surface area contributed by atoms with Crippen LogP contribution in [-0.4, -0.2) is 42.0 Å². The van der Waals surface area contributed by atoms with E-state index in [1.54, 1.807) is 7.11 Å². The van der Waals surface area contributed by atoms with Crippen molar-refractivity contribution < 1.29 is 13.9 Å². The second kappa shape index (κ2) is 8.59. The molecule has 0 saturated carbocycles. The van der Waals surface area contributed by atoms with Crippen LogP contribution in [0.3, 0.4) is 0 Å². The predicted octanol–water partition coefficient (Wildman–Crippen LogP) is 4.35. The first kappa shape index (κ1) is 18.7. The molecule has 0 bridgehead atoms. The molecule has 0 unspecified atom stereocenters. The molecule has 0 aliphatic carbocycles. The molecule has 0 amide bonds. The number of aromatic nitrogens is 2. The Labute approximate surface area is 164 Å². The number of halogens is 1. The molecule has 0 spiro atoms. The summed E-state index contributed by atoms with van der Waals surface area (Å²) in [4.78, 5) is 2.40. The minimum Gasteiger partial charge on any atom is -0.496 e. The van der Waals surface area contributed by atoms with Crippen molar-refractivity contribution in [3.63, 3.8) is 0 Å². The quantitative estimate of drug-likeness (QED) is 0.755. The molecular formula is C20H26ClN3O3. The fourth-order valence-electron chi connectivity index (χ4n) is 4.04. The van der Waals surface area contributed by atoms with Gasteiger partial charge in [0.1, 0.15) is 5.75 Å². The summed E-state index contributed by atoms with van der Waals surface area (Å²) in [6.45, 7) is 3.29. The third-order valence-corrected chi connectivity index (χ3v) is 5.78. The topological polar surface area (TPSA) is 60.6 Å². The molecule has 2 aliphatic heterocycles. The average Bonchev–Trinajstić information content (AvgIpc) is 3.19. The molecule has 146 valence electrons. The molecule has 2 fully saturated rings. The number of hydrogen-bond acceptors (Lipinski definition) is 6. The molecule has 1 aromatic carbocycles. The largest absolute Gasteiger partial charge is 0.496 e. The van der Waals surface area contributed by atoms with Gasteiger partial charge in [0.25, 0.3) is 0 Å². The van der Waals surface area contributed by atoms with Gasteiger partial charge in [-0.05, 0) is 50.4 Å². The maximum absolute atomic E-state index is 6.21.